The van der Waals surface area contributed by atoms with E-state index in [0.717, 1.165) is 11.1 Å². The van der Waals surface area contributed by atoms with Crippen molar-refractivity contribution in [2.75, 3.05) is 23.9 Å². The minimum absolute atomic E-state index is 0.00605. The zero-order chi connectivity index (χ0) is 36.3. The van der Waals surface area contributed by atoms with Crippen molar-refractivity contribution >= 4 is 34.8 Å². The van der Waals surface area contributed by atoms with Gasteiger partial charge in [0.25, 0.3) is 17.5 Å². The topological polar surface area (TPSA) is 163 Å². The van der Waals surface area contributed by atoms with Gasteiger partial charge >= 0.3 is 0 Å². The number of methoxy groups -OCH3 is 1. The quantitative estimate of drug-likeness (QED) is 0.111. The average molecular weight is 691 g/mol. The molecule has 0 spiro atoms. The smallest absolute Gasteiger partial charge is 0.269 e. The number of nitro groups is 1. The summed E-state index contributed by atoms with van der Waals surface area (Å²) in [6.07, 6.45) is 3.66. The van der Waals surface area contributed by atoms with E-state index in [1.165, 1.54) is 30.2 Å². The first-order chi connectivity index (χ1) is 24.5. The highest BCUT2D eigenvalue weighted by Crippen LogP contribution is 2.47. The third kappa shape index (κ3) is 6.96. The number of non-ortho nitro benzene ring substituents is 1. The first-order valence-electron chi connectivity index (χ1n) is 16.5. The number of aliphatic hydroxyl groups is 2. The molecule has 2 heterocycles. The van der Waals surface area contributed by atoms with Gasteiger partial charge < -0.3 is 30.1 Å². The summed E-state index contributed by atoms with van der Waals surface area (Å²) >= 11 is 0. The molecule has 0 bridgehead atoms. The molecule has 0 saturated carbocycles. The predicted molar refractivity (Wildman–Crippen MR) is 190 cm³/mol. The SMILES string of the molecule is COc1ccc(C(=O)Nc2cccc(CN3C(=O)[C@](O)([C@H](C)/C=C/CC(=O)N4Cc5ccccc5C[C@H]4CO)c4cc([N+](=O)[O-])ccc43)c2)cc1. The number of ether oxygens (including phenoxy) is 1. The first kappa shape index (κ1) is 35.0. The molecule has 0 unspecified atom stereocenters. The number of rotatable bonds is 11. The number of anilines is 2. The molecular weight excluding hydrogens is 652 g/mol. The second-order valence-corrected chi connectivity index (χ2v) is 12.8. The van der Waals surface area contributed by atoms with Gasteiger partial charge in [-0.2, -0.15) is 0 Å². The van der Waals surface area contributed by atoms with Crippen LogP contribution in [0.25, 0.3) is 0 Å². The molecule has 2 aliphatic heterocycles. The van der Waals surface area contributed by atoms with Crippen molar-refractivity contribution in [3.8, 4) is 5.75 Å². The summed E-state index contributed by atoms with van der Waals surface area (Å²) in [5.41, 5.74) is 1.61. The van der Waals surface area contributed by atoms with Crippen molar-refractivity contribution in [1.29, 1.82) is 0 Å². The van der Waals surface area contributed by atoms with Gasteiger partial charge in [-0.1, -0.05) is 55.5 Å². The average Bonchev–Trinajstić information content (AvgIpc) is 3.36. The molecule has 0 aliphatic carbocycles. The number of hydrogen-bond acceptors (Lipinski definition) is 8. The lowest BCUT2D eigenvalue weighted by Crippen LogP contribution is -2.46. The number of carbonyl (C=O) groups is 3. The molecule has 0 radical (unpaired) electrons. The van der Waals surface area contributed by atoms with Crippen LogP contribution >= 0.6 is 0 Å². The Hall–Kier alpha value is -5.85. The fourth-order valence-corrected chi connectivity index (χ4v) is 6.75. The van der Waals surface area contributed by atoms with E-state index in [9.17, 15) is 34.7 Å². The number of amides is 3. The van der Waals surface area contributed by atoms with Crippen LogP contribution in [0, 0.1) is 16.0 Å². The summed E-state index contributed by atoms with van der Waals surface area (Å²) in [5.74, 6) is -1.49. The Labute approximate surface area is 294 Å². The standard InChI is InChI=1S/C39H38N4O8/c1-25(7-5-12-36(45)41-23-29-10-4-3-9-28(29)20-32(41)24-44)39(48)34-21-31(43(49)50)15-18-35(34)42(38(39)47)22-26-8-6-11-30(19-26)40-37(46)27-13-16-33(51-2)17-14-27/h3-11,13-19,21,25,32,44,48H,12,20,22-24H2,1-2H3,(H,40,46)/b7-5+/t25-,32+,39+/m1/s1. The maximum atomic E-state index is 14.1. The number of nitrogens with zero attached hydrogens (tertiary/aromatic N) is 3. The van der Waals surface area contributed by atoms with Crippen LogP contribution in [0.4, 0.5) is 17.1 Å². The molecule has 4 aromatic rings. The summed E-state index contributed by atoms with van der Waals surface area (Å²) < 4.78 is 5.15. The van der Waals surface area contributed by atoms with E-state index >= 15 is 0 Å². The summed E-state index contributed by atoms with van der Waals surface area (Å²) in [7, 11) is 1.54. The summed E-state index contributed by atoms with van der Waals surface area (Å²) in [5, 5.41) is 36.7. The highest BCUT2D eigenvalue weighted by Gasteiger charge is 2.53. The van der Waals surface area contributed by atoms with Gasteiger partial charge in [-0.05, 0) is 65.6 Å². The zero-order valence-electron chi connectivity index (χ0n) is 28.2. The molecule has 6 rings (SSSR count). The zero-order valence-corrected chi connectivity index (χ0v) is 28.2. The Morgan fingerprint density at radius 3 is 2.51 bits per heavy atom. The lowest BCUT2D eigenvalue weighted by atomic mass is 9.82. The fourth-order valence-electron chi connectivity index (χ4n) is 6.75. The van der Waals surface area contributed by atoms with E-state index in [4.69, 9.17) is 4.74 Å². The number of carbonyl (C=O) groups excluding carboxylic acids is 3. The maximum absolute atomic E-state index is 14.1. The van der Waals surface area contributed by atoms with Crippen molar-refractivity contribution in [3.63, 3.8) is 0 Å². The second kappa shape index (κ2) is 14.6. The van der Waals surface area contributed by atoms with Crippen molar-refractivity contribution in [3.05, 3.63) is 141 Å². The summed E-state index contributed by atoms with van der Waals surface area (Å²) in [6, 6.07) is 24.9. The van der Waals surface area contributed by atoms with Crippen molar-refractivity contribution < 1.29 is 34.3 Å². The number of nitrogens with one attached hydrogen (secondary N) is 1. The molecule has 0 fully saturated rings. The van der Waals surface area contributed by atoms with Crippen molar-refractivity contribution in [2.45, 2.75) is 44.5 Å². The minimum Gasteiger partial charge on any atom is -0.497 e. The minimum atomic E-state index is -2.17. The normalized spacial score (nSPS) is 18.7. The molecular formula is C39H38N4O8. The monoisotopic (exact) mass is 690 g/mol. The van der Waals surface area contributed by atoms with Gasteiger partial charge in [0.05, 0.1) is 36.9 Å². The van der Waals surface area contributed by atoms with E-state index in [0.29, 0.717) is 41.2 Å². The second-order valence-electron chi connectivity index (χ2n) is 12.8. The molecule has 3 atom stereocenters. The molecule has 262 valence electrons. The first-order valence-corrected chi connectivity index (χ1v) is 16.5. The van der Waals surface area contributed by atoms with Crippen molar-refractivity contribution in [1.82, 2.24) is 4.90 Å². The molecule has 12 nitrogen and oxygen atoms in total. The Morgan fingerprint density at radius 2 is 1.80 bits per heavy atom. The number of hydrogen-bond donors (Lipinski definition) is 3. The Bertz CT molecular complexity index is 2010. The van der Waals surface area contributed by atoms with Crippen LogP contribution < -0.4 is 15.0 Å². The molecule has 4 aromatic carbocycles. The number of fused-ring (bicyclic) bond motifs is 2. The molecule has 3 amide bonds. The van der Waals surface area contributed by atoms with Crippen LogP contribution in [-0.4, -0.2) is 57.5 Å². The molecule has 2 aliphatic rings. The van der Waals surface area contributed by atoms with Gasteiger partial charge in [0.1, 0.15) is 5.75 Å². The van der Waals surface area contributed by atoms with E-state index in [2.05, 4.69) is 5.32 Å². The van der Waals surface area contributed by atoms with Crippen LogP contribution in [0.2, 0.25) is 0 Å². The molecule has 0 aromatic heterocycles. The van der Waals surface area contributed by atoms with E-state index < -0.39 is 22.3 Å². The largest absolute Gasteiger partial charge is 0.497 e. The van der Waals surface area contributed by atoms with Gasteiger partial charge in [0, 0.05) is 47.8 Å². The number of aliphatic hydroxyl groups excluding tert-OH is 1. The Balaban J connectivity index is 1.21. The van der Waals surface area contributed by atoms with Crippen LogP contribution in [-0.2, 0) is 34.7 Å². The molecule has 51 heavy (non-hydrogen) atoms. The van der Waals surface area contributed by atoms with Crippen LogP contribution in [0.5, 0.6) is 5.75 Å². The van der Waals surface area contributed by atoms with E-state index in [1.807, 2.05) is 24.3 Å². The fraction of sp³-hybridized carbons (Fsp3) is 0.256. The van der Waals surface area contributed by atoms with Crippen LogP contribution in [0.1, 0.15) is 46.0 Å². The van der Waals surface area contributed by atoms with E-state index in [1.54, 1.807) is 72.5 Å². The van der Waals surface area contributed by atoms with Gasteiger partial charge in [0.2, 0.25) is 5.91 Å². The van der Waals surface area contributed by atoms with Crippen LogP contribution in [0.3, 0.4) is 0 Å². The summed E-state index contributed by atoms with van der Waals surface area (Å²) in [6.45, 7) is 1.81. The van der Waals surface area contributed by atoms with Gasteiger partial charge in [-0.25, -0.2) is 0 Å². The number of nitro benzene ring substituents is 1. The van der Waals surface area contributed by atoms with Crippen LogP contribution in [0.15, 0.2) is 103 Å². The third-order valence-electron chi connectivity index (χ3n) is 9.60. The Kier molecular flexibility index (Phi) is 9.99. The summed E-state index contributed by atoms with van der Waals surface area (Å²) in [4.78, 5) is 54.5. The highest BCUT2D eigenvalue weighted by atomic mass is 16.6. The van der Waals surface area contributed by atoms with Gasteiger partial charge in [0.15, 0.2) is 5.60 Å². The molecule has 12 heteroatoms. The van der Waals surface area contributed by atoms with Crippen molar-refractivity contribution in [2.24, 2.45) is 5.92 Å². The predicted octanol–water partition coefficient (Wildman–Crippen LogP) is 5.12. The maximum Gasteiger partial charge on any atom is 0.269 e. The van der Waals surface area contributed by atoms with Gasteiger partial charge in [-0.15, -0.1) is 0 Å². The Morgan fingerprint density at radius 1 is 1.06 bits per heavy atom. The molecule has 0 saturated heterocycles. The van der Waals surface area contributed by atoms with Gasteiger partial charge in [-0.3, -0.25) is 24.5 Å². The van der Waals surface area contributed by atoms with E-state index in [-0.39, 0.29) is 48.7 Å². The molecule has 3 N–H and O–H groups in total. The lowest BCUT2D eigenvalue weighted by Gasteiger charge is -2.36. The lowest BCUT2D eigenvalue weighted by molar-refractivity contribution is -0.385. The highest BCUT2D eigenvalue weighted by molar-refractivity contribution is 6.07. The third-order valence-corrected chi connectivity index (χ3v) is 9.60. The number of benzene rings is 4.